The molecule has 0 N–H and O–H groups in total. The second kappa shape index (κ2) is 13.3. The Morgan fingerprint density at radius 3 is 2.52 bits per heavy atom. The molecular weight excluding hydrogens is 546 g/mol. The molecule has 1 aliphatic rings. The third kappa shape index (κ3) is 7.46. The van der Waals surface area contributed by atoms with Crippen molar-refractivity contribution < 1.29 is 19.1 Å². The predicted octanol–water partition coefficient (Wildman–Crippen LogP) is 8.69. The molecule has 1 fully saturated rings. The molecule has 5 nitrogen and oxygen atoms in total. The average molecular weight is 582 g/mol. The number of rotatable bonds is 12. The summed E-state index contributed by atoms with van der Waals surface area (Å²) in [5.74, 6) is -0.179. The highest BCUT2D eigenvalue weighted by atomic mass is 35.5. The van der Waals surface area contributed by atoms with Gasteiger partial charge in [0.25, 0.3) is 0 Å². The SMILES string of the molecule is COC(=O)CC1(CC[C@@H](CCc2ccccc2C(=O)OC)c2cccc(C=Cc3ccc4ccc(Cl)cc4n3)c2)CC1. The van der Waals surface area contributed by atoms with Crippen molar-refractivity contribution >= 4 is 46.6 Å². The summed E-state index contributed by atoms with van der Waals surface area (Å²) in [4.78, 5) is 29.2. The number of pyridine rings is 1. The Hall–Kier alpha value is -3.96. The molecule has 0 aliphatic heterocycles. The quantitative estimate of drug-likeness (QED) is 0.157. The predicted molar refractivity (Wildman–Crippen MR) is 169 cm³/mol. The standard InChI is InChI=1S/C36H36ClNO4/c1-41-34(39)24-36(20-21-36)19-18-26(11-12-27-7-3-4-9-32(27)35(40)42-2)29-8-5-6-25(22-29)10-16-31-17-14-28-13-15-30(37)23-33(28)38-31/h3-10,13-17,22-23,26H,11-12,18-21,24H2,1-2H3/t26-/m1/s1. The fourth-order valence-corrected chi connectivity index (χ4v) is 5.87. The topological polar surface area (TPSA) is 65.5 Å². The smallest absolute Gasteiger partial charge is 0.338 e. The van der Waals surface area contributed by atoms with Gasteiger partial charge >= 0.3 is 11.9 Å². The van der Waals surface area contributed by atoms with Crippen LogP contribution in [0.25, 0.3) is 23.1 Å². The van der Waals surface area contributed by atoms with Crippen LogP contribution in [0.3, 0.4) is 0 Å². The number of nitrogens with zero attached hydrogens (tertiary/aromatic N) is 1. The van der Waals surface area contributed by atoms with Crippen LogP contribution in [0.1, 0.15) is 77.2 Å². The van der Waals surface area contributed by atoms with Crippen molar-refractivity contribution in [3.05, 3.63) is 112 Å². The number of hydrogen-bond acceptors (Lipinski definition) is 5. The van der Waals surface area contributed by atoms with E-state index in [1.807, 2.05) is 54.6 Å². The van der Waals surface area contributed by atoms with Gasteiger partial charge in [-0.3, -0.25) is 4.79 Å². The molecule has 1 atom stereocenters. The molecule has 0 bridgehead atoms. The van der Waals surface area contributed by atoms with E-state index in [4.69, 9.17) is 26.1 Å². The molecule has 42 heavy (non-hydrogen) atoms. The Bertz CT molecular complexity index is 1610. The van der Waals surface area contributed by atoms with Gasteiger partial charge in [0.2, 0.25) is 0 Å². The fourth-order valence-electron chi connectivity index (χ4n) is 5.70. The van der Waals surface area contributed by atoms with Gasteiger partial charge in [0.1, 0.15) is 0 Å². The molecule has 1 aliphatic carbocycles. The first-order valence-corrected chi connectivity index (χ1v) is 14.8. The van der Waals surface area contributed by atoms with Gasteiger partial charge in [-0.2, -0.15) is 0 Å². The summed E-state index contributed by atoms with van der Waals surface area (Å²) in [6.45, 7) is 0. The van der Waals surface area contributed by atoms with Crippen molar-refractivity contribution in [1.29, 1.82) is 0 Å². The van der Waals surface area contributed by atoms with E-state index in [0.29, 0.717) is 17.0 Å². The lowest BCUT2D eigenvalue weighted by atomic mass is 9.83. The number of methoxy groups -OCH3 is 2. The summed E-state index contributed by atoms with van der Waals surface area (Å²) in [6.07, 6.45) is 10.3. The lowest BCUT2D eigenvalue weighted by Gasteiger charge is -2.22. The Balaban J connectivity index is 1.36. The molecular formula is C36H36ClNO4. The molecule has 0 saturated heterocycles. The van der Waals surface area contributed by atoms with Crippen molar-refractivity contribution in [2.45, 2.75) is 50.9 Å². The molecule has 3 aromatic carbocycles. The van der Waals surface area contributed by atoms with Crippen LogP contribution in [0, 0.1) is 5.41 Å². The summed E-state index contributed by atoms with van der Waals surface area (Å²) in [7, 11) is 2.88. The zero-order chi connectivity index (χ0) is 29.5. The molecule has 0 unspecified atom stereocenters. The van der Waals surface area contributed by atoms with Gasteiger partial charge in [-0.1, -0.05) is 72.3 Å². The number of fused-ring (bicyclic) bond motifs is 1. The van der Waals surface area contributed by atoms with Gasteiger partial charge < -0.3 is 9.47 Å². The van der Waals surface area contributed by atoms with Gasteiger partial charge in [-0.15, -0.1) is 0 Å². The van der Waals surface area contributed by atoms with Crippen molar-refractivity contribution in [3.63, 3.8) is 0 Å². The number of benzene rings is 3. The maximum absolute atomic E-state index is 12.4. The van der Waals surface area contributed by atoms with Crippen LogP contribution >= 0.6 is 11.6 Å². The number of aromatic nitrogens is 1. The fraction of sp³-hybridized carbons (Fsp3) is 0.306. The number of carbonyl (C=O) groups is 2. The molecule has 216 valence electrons. The Labute approximate surface area is 252 Å². The van der Waals surface area contributed by atoms with Gasteiger partial charge in [0.05, 0.1) is 37.4 Å². The third-order valence-corrected chi connectivity index (χ3v) is 8.65. The van der Waals surface area contributed by atoms with Crippen molar-refractivity contribution in [1.82, 2.24) is 4.98 Å². The van der Waals surface area contributed by atoms with Crippen molar-refractivity contribution in [3.8, 4) is 0 Å². The van der Waals surface area contributed by atoms with E-state index in [2.05, 4.69) is 36.4 Å². The summed E-state index contributed by atoms with van der Waals surface area (Å²) < 4.78 is 10.00. The molecule has 0 radical (unpaired) electrons. The molecule has 1 heterocycles. The Morgan fingerprint density at radius 2 is 1.74 bits per heavy atom. The summed E-state index contributed by atoms with van der Waals surface area (Å²) in [5.41, 5.74) is 5.73. The minimum absolute atomic E-state index is 0.0530. The highest BCUT2D eigenvalue weighted by Gasteiger charge is 2.44. The highest BCUT2D eigenvalue weighted by molar-refractivity contribution is 6.31. The van der Waals surface area contributed by atoms with E-state index in [0.717, 1.165) is 66.2 Å². The van der Waals surface area contributed by atoms with Gasteiger partial charge in [-0.25, -0.2) is 9.78 Å². The van der Waals surface area contributed by atoms with Crippen molar-refractivity contribution in [2.75, 3.05) is 14.2 Å². The maximum Gasteiger partial charge on any atom is 0.338 e. The largest absolute Gasteiger partial charge is 0.469 e. The molecule has 6 heteroatoms. The number of ether oxygens (including phenoxy) is 2. The minimum atomic E-state index is -0.311. The van der Waals surface area contributed by atoms with E-state index < -0.39 is 0 Å². The van der Waals surface area contributed by atoms with Gasteiger partial charge in [0, 0.05) is 10.4 Å². The van der Waals surface area contributed by atoms with Crippen LogP contribution in [0.15, 0.2) is 78.9 Å². The average Bonchev–Trinajstić information content (AvgIpc) is 3.78. The summed E-state index contributed by atoms with van der Waals surface area (Å²) in [6, 6.07) is 26.1. The van der Waals surface area contributed by atoms with Crippen molar-refractivity contribution in [2.24, 2.45) is 5.41 Å². The van der Waals surface area contributed by atoms with Crippen LogP contribution in [0.4, 0.5) is 0 Å². The summed E-state index contributed by atoms with van der Waals surface area (Å²) in [5, 5.41) is 1.72. The third-order valence-electron chi connectivity index (χ3n) is 8.42. The molecule has 5 rings (SSSR count). The second-order valence-electron chi connectivity index (χ2n) is 11.3. The minimum Gasteiger partial charge on any atom is -0.469 e. The molecule has 4 aromatic rings. The zero-order valence-corrected chi connectivity index (χ0v) is 24.9. The Kier molecular flexibility index (Phi) is 9.38. The van der Waals surface area contributed by atoms with Crippen LogP contribution < -0.4 is 0 Å². The van der Waals surface area contributed by atoms with Crippen LogP contribution in [0.2, 0.25) is 5.02 Å². The second-order valence-corrected chi connectivity index (χ2v) is 11.7. The molecule has 0 spiro atoms. The maximum atomic E-state index is 12.4. The monoisotopic (exact) mass is 581 g/mol. The first-order chi connectivity index (χ1) is 20.4. The molecule has 1 aromatic heterocycles. The lowest BCUT2D eigenvalue weighted by Crippen LogP contribution is -2.13. The number of esters is 2. The van der Waals surface area contributed by atoms with Gasteiger partial charge in [-0.05, 0) is 96.9 Å². The zero-order valence-electron chi connectivity index (χ0n) is 24.1. The molecule has 1 saturated carbocycles. The number of aryl methyl sites for hydroxylation is 1. The Morgan fingerprint density at radius 1 is 0.929 bits per heavy atom. The number of halogens is 1. The lowest BCUT2D eigenvalue weighted by molar-refractivity contribution is -0.142. The van der Waals surface area contributed by atoms with E-state index >= 15 is 0 Å². The first kappa shape index (κ1) is 29.5. The number of carbonyl (C=O) groups excluding carboxylic acids is 2. The highest BCUT2D eigenvalue weighted by Crippen LogP contribution is 2.54. The normalized spacial score (nSPS) is 14.5. The van der Waals surface area contributed by atoms with E-state index in [9.17, 15) is 9.59 Å². The van der Waals surface area contributed by atoms with Crippen LogP contribution in [-0.4, -0.2) is 31.1 Å². The molecule has 0 amide bonds. The van der Waals surface area contributed by atoms with E-state index in [-0.39, 0.29) is 23.3 Å². The van der Waals surface area contributed by atoms with E-state index in [1.165, 1.54) is 19.8 Å². The first-order valence-electron chi connectivity index (χ1n) is 14.5. The van der Waals surface area contributed by atoms with Crippen LogP contribution in [0.5, 0.6) is 0 Å². The summed E-state index contributed by atoms with van der Waals surface area (Å²) >= 11 is 6.17. The van der Waals surface area contributed by atoms with E-state index in [1.54, 1.807) is 0 Å². The van der Waals surface area contributed by atoms with Gasteiger partial charge in [0.15, 0.2) is 0 Å². The van der Waals surface area contributed by atoms with Crippen LogP contribution in [-0.2, 0) is 20.7 Å². The number of hydrogen-bond donors (Lipinski definition) is 0.